The molecule has 1 N–H and O–H groups in total. The molecule has 0 aliphatic carbocycles. The average molecular weight is 432 g/mol. The molecule has 0 aliphatic rings. The highest BCUT2D eigenvalue weighted by atomic mass is 16.5. The van der Waals surface area contributed by atoms with E-state index in [4.69, 9.17) is 9.47 Å². The third-order valence-corrected chi connectivity index (χ3v) is 5.72. The number of carbonyl (C=O) groups excluding carboxylic acids is 1. The van der Waals surface area contributed by atoms with Gasteiger partial charge < -0.3 is 14.8 Å². The maximum Gasteiger partial charge on any atom is 0.224 e. The molecule has 3 aromatic carbocycles. The normalized spacial score (nSPS) is 11.1. The first-order valence-electron chi connectivity index (χ1n) is 11.3. The lowest BCUT2D eigenvalue weighted by Crippen LogP contribution is -2.15. The van der Waals surface area contributed by atoms with Crippen molar-refractivity contribution in [2.75, 3.05) is 11.9 Å². The van der Waals surface area contributed by atoms with Gasteiger partial charge in [-0.25, -0.2) is 0 Å². The van der Waals surface area contributed by atoms with Crippen molar-refractivity contribution >= 4 is 11.6 Å². The van der Waals surface area contributed by atoms with Crippen molar-refractivity contribution in [3.63, 3.8) is 0 Å². The van der Waals surface area contributed by atoms with Gasteiger partial charge in [0.05, 0.1) is 6.61 Å². The van der Waals surface area contributed by atoms with Crippen LogP contribution >= 0.6 is 0 Å². The van der Waals surface area contributed by atoms with Gasteiger partial charge in [0, 0.05) is 12.1 Å². The van der Waals surface area contributed by atoms with E-state index in [1.165, 1.54) is 5.56 Å². The molecule has 0 spiro atoms. The predicted molar refractivity (Wildman–Crippen MR) is 130 cm³/mol. The first-order valence-corrected chi connectivity index (χ1v) is 11.3. The Morgan fingerprint density at radius 1 is 0.844 bits per heavy atom. The van der Waals surface area contributed by atoms with Crippen LogP contribution in [0.5, 0.6) is 11.5 Å². The lowest BCUT2D eigenvalue weighted by Gasteiger charge is -2.23. The summed E-state index contributed by atoms with van der Waals surface area (Å²) in [5.74, 6) is 1.59. The van der Waals surface area contributed by atoms with Crippen LogP contribution in [0.2, 0.25) is 0 Å². The summed E-state index contributed by atoms with van der Waals surface area (Å²) in [7, 11) is 0. The molecule has 0 atom stereocenters. The molecule has 0 fully saturated rings. The van der Waals surface area contributed by atoms with Crippen LogP contribution < -0.4 is 14.8 Å². The van der Waals surface area contributed by atoms with Crippen LogP contribution in [0.1, 0.15) is 51.2 Å². The van der Waals surface area contributed by atoms with E-state index in [1.807, 2.05) is 66.7 Å². The molecule has 0 unspecified atom stereocenters. The maximum atomic E-state index is 12.2. The Balaban J connectivity index is 1.36. The van der Waals surface area contributed by atoms with Gasteiger partial charge >= 0.3 is 0 Å². The fourth-order valence-electron chi connectivity index (χ4n) is 3.23. The van der Waals surface area contributed by atoms with E-state index in [9.17, 15) is 4.79 Å². The third-order valence-electron chi connectivity index (χ3n) is 5.72. The van der Waals surface area contributed by atoms with Crippen molar-refractivity contribution in [1.82, 2.24) is 0 Å². The largest absolute Gasteiger partial charge is 0.494 e. The number of hydrogen-bond donors (Lipinski definition) is 1. The Bertz CT molecular complexity index is 964. The summed E-state index contributed by atoms with van der Waals surface area (Å²) in [6.45, 7) is 7.71. The van der Waals surface area contributed by atoms with Gasteiger partial charge in [0.1, 0.15) is 18.1 Å². The lowest BCUT2D eigenvalue weighted by molar-refractivity contribution is -0.116. The van der Waals surface area contributed by atoms with Gasteiger partial charge in [0.25, 0.3) is 0 Å². The van der Waals surface area contributed by atoms with Crippen LogP contribution in [-0.2, 0) is 16.8 Å². The Morgan fingerprint density at radius 2 is 1.47 bits per heavy atom. The van der Waals surface area contributed by atoms with E-state index in [-0.39, 0.29) is 11.3 Å². The monoisotopic (exact) mass is 431 g/mol. The standard InChI is InChI=1S/C28H33NO3/c1-4-28(2,3)23-12-16-25(17-13-23)31-20-8-11-27(30)29-24-14-18-26(19-15-24)32-21-22-9-6-5-7-10-22/h5-7,9-10,12-19H,4,8,11,20-21H2,1-3H3,(H,29,30). The molecule has 4 nitrogen and oxygen atoms in total. The topological polar surface area (TPSA) is 47.6 Å². The molecule has 3 aromatic rings. The lowest BCUT2D eigenvalue weighted by atomic mass is 9.82. The summed E-state index contributed by atoms with van der Waals surface area (Å²) in [4.78, 5) is 12.2. The minimum Gasteiger partial charge on any atom is -0.494 e. The first kappa shape index (κ1) is 23.4. The van der Waals surface area contributed by atoms with E-state index < -0.39 is 0 Å². The number of carbonyl (C=O) groups is 1. The minimum absolute atomic E-state index is 0.0217. The zero-order chi connectivity index (χ0) is 22.8. The van der Waals surface area contributed by atoms with Gasteiger partial charge in [-0.2, -0.15) is 0 Å². The van der Waals surface area contributed by atoms with Gasteiger partial charge in [-0.1, -0.05) is 63.2 Å². The van der Waals surface area contributed by atoms with Gasteiger partial charge in [0.15, 0.2) is 0 Å². The Kier molecular flexibility index (Phi) is 8.32. The van der Waals surface area contributed by atoms with Crippen LogP contribution in [0.25, 0.3) is 0 Å². The second kappa shape index (κ2) is 11.4. The molecular weight excluding hydrogens is 398 g/mol. The second-order valence-electron chi connectivity index (χ2n) is 8.56. The number of nitrogens with one attached hydrogen (secondary N) is 1. The van der Waals surface area contributed by atoms with Gasteiger partial charge in [0.2, 0.25) is 5.91 Å². The van der Waals surface area contributed by atoms with Crippen molar-refractivity contribution in [3.8, 4) is 11.5 Å². The second-order valence-corrected chi connectivity index (χ2v) is 8.56. The van der Waals surface area contributed by atoms with E-state index >= 15 is 0 Å². The van der Waals surface area contributed by atoms with E-state index in [0.29, 0.717) is 26.1 Å². The SMILES string of the molecule is CCC(C)(C)c1ccc(OCCCC(=O)Nc2ccc(OCc3ccccc3)cc2)cc1. The van der Waals surface area contributed by atoms with Crippen molar-refractivity contribution in [2.24, 2.45) is 0 Å². The summed E-state index contributed by atoms with van der Waals surface area (Å²) in [5.41, 5.74) is 3.36. The van der Waals surface area contributed by atoms with E-state index in [0.717, 1.165) is 29.2 Å². The molecule has 0 radical (unpaired) electrons. The van der Waals surface area contributed by atoms with E-state index in [1.54, 1.807) is 0 Å². The number of ether oxygens (including phenoxy) is 2. The number of hydrogen-bond acceptors (Lipinski definition) is 3. The molecule has 3 rings (SSSR count). The summed E-state index contributed by atoms with van der Waals surface area (Å²) >= 11 is 0. The van der Waals surface area contributed by atoms with Gasteiger partial charge in [-0.3, -0.25) is 4.79 Å². The highest BCUT2D eigenvalue weighted by Crippen LogP contribution is 2.28. The van der Waals surface area contributed by atoms with Gasteiger partial charge in [-0.15, -0.1) is 0 Å². The van der Waals surface area contributed by atoms with Crippen LogP contribution in [0.3, 0.4) is 0 Å². The zero-order valence-corrected chi connectivity index (χ0v) is 19.3. The van der Waals surface area contributed by atoms with Crippen LogP contribution in [0, 0.1) is 0 Å². The summed E-state index contributed by atoms with van der Waals surface area (Å²) in [6, 6.07) is 25.7. The first-order chi connectivity index (χ1) is 15.5. The minimum atomic E-state index is -0.0217. The zero-order valence-electron chi connectivity index (χ0n) is 19.3. The Morgan fingerprint density at radius 3 is 2.12 bits per heavy atom. The molecule has 168 valence electrons. The van der Waals surface area contributed by atoms with Crippen molar-refractivity contribution in [3.05, 3.63) is 90.0 Å². The third kappa shape index (κ3) is 7.16. The molecule has 32 heavy (non-hydrogen) atoms. The molecule has 1 amide bonds. The van der Waals surface area contributed by atoms with Crippen LogP contribution in [0.15, 0.2) is 78.9 Å². The van der Waals surface area contributed by atoms with Gasteiger partial charge in [-0.05, 0) is 65.8 Å². The Hall–Kier alpha value is -3.27. The number of amides is 1. The van der Waals surface area contributed by atoms with Crippen molar-refractivity contribution in [1.29, 1.82) is 0 Å². The average Bonchev–Trinajstić information content (AvgIpc) is 2.82. The van der Waals surface area contributed by atoms with Crippen LogP contribution in [-0.4, -0.2) is 12.5 Å². The predicted octanol–water partition coefficient (Wildman–Crippen LogP) is 6.75. The maximum absolute atomic E-state index is 12.2. The molecule has 0 saturated heterocycles. The van der Waals surface area contributed by atoms with Crippen LogP contribution in [0.4, 0.5) is 5.69 Å². The molecule has 4 heteroatoms. The number of anilines is 1. The molecule has 0 aromatic heterocycles. The number of benzene rings is 3. The summed E-state index contributed by atoms with van der Waals surface area (Å²) < 4.78 is 11.6. The molecule has 0 bridgehead atoms. The molecule has 0 aliphatic heterocycles. The van der Waals surface area contributed by atoms with Crippen molar-refractivity contribution in [2.45, 2.75) is 52.1 Å². The highest BCUT2D eigenvalue weighted by molar-refractivity contribution is 5.90. The molecule has 0 saturated carbocycles. The quantitative estimate of drug-likeness (QED) is 0.342. The number of rotatable bonds is 11. The summed E-state index contributed by atoms with van der Waals surface area (Å²) in [5, 5.41) is 2.92. The smallest absolute Gasteiger partial charge is 0.224 e. The Labute approximate surface area is 191 Å². The van der Waals surface area contributed by atoms with E-state index in [2.05, 4.69) is 38.2 Å². The fraction of sp³-hybridized carbons (Fsp3) is 0.321. The molecule has 0 heterocycles. The fourth-order valence-corrected chi connectivity index (χ4v) is 3.23. The molecular formula is C28H33NO3. The highest BCUT2D eigenvalue weighted by Gasteiger charge is 2.17. The van der Waals surface area contributed by atoms with Crippen molar-refractivity contribution < 1.29 is 14.3 Å². The summed E-state index contributed by atoms with van der Waals surface area (Å²) in [6.07, 6.45) is 2.16.